The van der Waals surface area contributed by atoms with Gasteiger partial charge in [0.2, 0.25) is 0 Å². The van der Waals surface area contributed by atoms with Gasteiger partial charge >= 0.3 is 0 Å². The second-order valence-electron chi connectivity index (χ2n) is 5.91. The Labute approximate surface area is 130 Å². The number of hydrogen-bond acceptors (Lipinski definition) is 1. The van der Waals surface area contributed by atoms with Crippen molar-refractivity contribution >= 4 is 64.1 Å². The molecule has 4 aromatic carbocycles. The van der Waals surface area contributed by atoms with Gasteiger partial charge in [0.25, 0.3) is 0 Å². The molecule has 0 amide bonds. The van der Waals surface area contributed by atoms with E-state index in [-0.39, 0.29) is 0 Å². The van der Waals surface area contributed by atoms with E-state index >= 15 is 0 Å². The van der Waals surface area contributed by atoms with Crippen molar-refractivity contribution in [3.8, 4) is 0 Å². The smallest absolute Gasteiger partial charge is 0.0485 e. The number of aromatic nitrogens is 1. The molecule has 0 radical (unpaired) electrons. The van der Waals surface area contributed by atoms with Gasteiger partial charge in [-0.05, 0) is 29.0 Å². The summed E-state index contributed by atoms with van der Waals surface area (Å²) in [5.41, 5.74) is 2.49. The summed E-state index contributed by atoms with van der Waals surface area (Å²) < 4.78 is 2.73. The molecule has 0 spiro atoms. The Bertz CT molecular complexity index is 1300. The molecule has 2 aromatic heterocycles. The normalized spacial score (nSPS) is 12.5. The van der Waals surface area contributed by atoms with Crippen molar-refractivity contribution in [1.29, 1.82) is 0 Å². The molecule has 0 fully saturated rings. The maximum absolute atomic E-state index is 3.60. The van der Waals surface area contributed by atoms with Gasteiger partial charge in [-0.15, -0.1) is 11.3 Å². The van der Waals surface area contributed by atoms with E-state index in [9.17, 15) is 0 Å². The minimum absolute atomic E-state index is 1.24. The van der Waals surface area contributed by atoms with Crippen LogP contribution in [0.3, 0.4) is 0 Å². The number of thiophene rings is 1. The van der Waals surface area contributed by atoms with Gasteiger partial charge in [0.05, 0.1) is 0 Å². The largest absolute Gasteiger partial charge is 0.354 e. The predicted molar refractivity (Wildman–Crippen MR) is 97.4 cm³/mol. The van der Waals surface area contributed by atoms with Crippen LogP contribution in [0.4, 0.5) is 0 Å². The summed E-state index contributed by atoms with van der Waals surface area (Å²) in [4.78, 5) is 3.60. The standard InChI is InChI=1S/C20H11NS/c1-2-7-16-12(5-1)19-13-9-8-11-4-3-6-14-18(11)20(13)15(21-14)10-17(19)22-16/h1-10,21H. The molecule has 0 unspecified atom stereocenters. The fourth-order valence-electron chi connectivity index (χ4n) is 3.86. The summed E-state index contributed by atoms with van der Waals surface area (Å²) in [6, 6.07) is 22.1. The molecule has 1 nitrogen and oxygen atoms in total. The highest BCUT2D eigenvalue weighted by Crippen LogP contribution is 2.43. The number of nitrogens with one attached hydrogen (secondary N) is 1. The minimum atomic E-state index is 1.24. The van der Waals surface area contributed by atoms with Gasteiger partial charge < -0.3 is 4.98 Å². The van der Waals surface area contributed by atoms with E-state index in [0.29, 0.717) is 0 Å². The monoisotopic (exact) mass is 297 g/mol. The van der Waals surface area contributed by atoms with E-state index in [1.54, 1.807) is 0 Å². The first-order valence-electron chi connectivity index (χ1n) is 7.47. The first kappa shape index (κ1) is 11.0. The second-order valence-corrected chi connectivity index (χ2v) is 7.00. The van der Waals surface area contributed by atoms with Crippen LogP contribution in [-0.2, 0) is 0 Å². The molecule has 0 saturated carbocycles. The average Bonchev–Trinajstić information content (AvgIpc) is 3.10. The van der Waals surface area contributed by atoms with E-state index in [4.69, 9.17) is 0 Å². The van der Waals surface area contributed by atoms with Gasteiger partial charge in [-0.3, -0.25) is 0 Å². The molecule has 0 bridgehead atoms. The number of aromatic amines is 1. The first-order valence-corrected chi connectivity index (χ1v) is 8.28. The number of rotatable bonds is 0. The van der Waals surface area contributed by atoms with Gasteiger partial charge in [-0.1, -0.05) is 42.5 Å². The van der Waals surface area contributed by atoms with E-state index < -0.39 is 0 Å². The zero-order chi connectivity index (χ0) is 14.3. The predicted octanol–water partition coefficient (Wildman–Crippen LogP) is 6.28. The lowest BCUT2D eigenvalue weighted by molar-refractivity contribution is 1.56. The summed E-state index contributed by atoms with van der Waals surface area (Å²) in [6.07, 6.45) is 0. The third-order valence-electron chi connectivity index (χ3n) is 4.75. The molecule has 0 saturated heterocycles. The van der Waals surface area contributed by atoms with Crippen molar-refractivity contribution in [2.75, 3.05) is 0 Å². The molecule has 22 heavy (non-hydrogen) atoms. The Morgan fingerprint density at radius 1 is 0.636 bits per heavy atom. The summed E-state index contributed by atoms with van der Waals surface area (Å²) >= 11 is 1.88. The SMILES string of the molecule is c1cc2ccc3c4c(cc5[nH]c(c1)c2c53)sc1ccccc14. The lowest BCUT2D eigenvalue weighted by Crippen LogP contribution is -1.77. The maximum atomic E-state index is 3.60. The zero-order valence-electron chi connectivity index (χ0n) is 11.7. The van der Waals surface area contributed by atoms with Crippen molar-refractivity contribution in [1.82, 2.24) is 4.98 Å². The number of benzene rings is 4. The van der Waals surface area contributed by atoms with Crippen molar-refractivity contribution in [2.45, 2.75) is 0 Å². The first-order chi connectivity index (χ1) is 10.9. The highest BCUT2D eigenvalue weighted by molar-refractivity contribution is 7.26. The minimum Gasteiger partial charge on any atom is -0.354 e. The van der Waals surface area contributed by atoms with Crippen LogP contribution in [0.1, 0.15) is 0 Å². The van der Waals surface area contributed by atoms with Crippen molar-refractivity contribution in [3.05, 3.63) is 60.7 Å². The Morgan fingerprint density at radius 3 is 2.59 bits per heavy atom. The van der Waals surface area contributed by atoms with Gasteiger partial charge in [0.1, 0.15) is 0 Å². The van der Waals surface area contributed by atoms with Crippen LogP contribution in [-0.4, -0.2) is 4.98 Å². The molecular formula is C20H11NS. The second kappa shape index (κ2) is 3.60. The highest BCUT2D eigenvalue weighted by atomic mass is 32.1. The molecule has 1 N–H and O–H groups in total. The van der Waals surface area contributed by atoms with E-state index in [0.717, 1.165) is 0 Å². The molecule has 0 atom stereocenters. The van der Waals surface area contributed by atoms with Gasteiger partial charge in [0, 0.05) is 42.0 Å². The van der Waals surface area contributed by atoms with E-state index in [2.05, 4.69) is 65.6 Å². The van der Waals surface area contributed by atoms with Crippen LogP contribution in [0.2, 0.25) is 0 Å². The fourth-order valence-corrected chi connectivity index (χ4v) is 5.02. The molecule has 102 valence electrons. The van der Waals surface area contributed by atoms with Crippen LogP contribution in [0.15, 0.2) is 60.7 Å². The van der Waals surface area contributed by atoms with Crippen LogP contribution in [0.25, 0.3) is 52.8 Å². The summed E-state index contributed by atoms with van der Waals surface area (Å²) in [5.74, 6) is 0. The number of hydrogen-bond donors (Lipinski definition) is 1. The van der Waals surface area contributed by atoms with Gasteiger partial charge in [-0.25, -0.2) is 0 Å². The zero-order valence-corrected chi connectivity index (χ0v) is 12.5. The fraction of sp³-hybridized carbons (Fsp3) is 0. The lowest BCUT2D eigenvalue weighted by atomic mass is 9.98. The van der Waals surface area contributed by atoms with Crippen molar-refractivity contribution in [3.63, 3.8) is 0 Å². The van der Waals surface area contributed by atoms with Crippen molar-refractivity contribution < 1.29 is 0 Å². The maximum Gasteiger partial charge on any atom is 0.0485 e. The highest BCUT2D eigenvalue weighted by Gasteiger charge is 2.15. The van der Waals surface area contributed by atoms with Crippen LogP contribution >= 0.6 is 11.3 Å². The molecule has 0 aliphatic carbocycles. The van der Waals surface area contributed by atoms with Gasteiger partial charge in [0.15, 0.2) is 0 Å². The Kier molecular flexibility index (Phi) is 1.81. The third-order valence-corrected chi connectivity index (χ3v) is 5.87. The Hall–Kier alpha value is -2.58. The lowest BCUT2D eigenvalue weighted by Gasteiger charge is -2.03. The Morgan fingerprint density at radius 2 is 1.59 bits per heavy atom. The Balaban J connectivity index is 2.04. The van der Waals surface area contributed by atoms with E-state index in [1.165, 1.54) is 52.8 Å². The van der Waals surface area contributed by atoms with Crippen LogP contribution in [0, 0.1) is 0 Å². The molecule has 2 heterocycles. The van der Waals surface area contributed by atoms with Gasteiger partial charge in [-0.2, -0.15) is 0 Å². The van der Waals surface area contributed by atoms with Crippen molar-refractivity contribution in [2.24, 2.45) is 0 Å². The van der Waals surface area contributed by atoms with Crippen LogP contribution in [0.5, 0.6) is 0 Å². The third kappa shape index (κ3) is 1.17. The molecular weight excluding hydrogens is 286 g/mol. The molecule has 6 aromatic rings. The summed E-state index contributed by atoms with van der Waals surface area (Å²) in [5, 5.41) is 8.21. The average molecular weight is 297 g/mol. The van der Waals surface area contributed by atoms with Crippen LogP contribution < -0.4 is 0 Å². The topological polar surface area (TPSA) is 15.8 Å². The number of H-pyrrole nitrogens is 1. The quantitative estimate of drug-likeness (QED) is 0.317. The van der Waals surface area contributed by atoms with E-state index in [1.807, 2.05) is 11.3 Å². The number of fused-ring (bicyclic) bond motifs is 4. The molecule has 0 aliphatic heterocycles. The molecule has 0 aliphatic rings. The molecule has 2 heteroatoms. The molecule has 6 rings (SSSR count). The summed E-state index contributed by atoms with van der Waals surface area (Å²) in [7, 11) is 0. The summed E-state index contributed by atoms with van der Waals surface area (Å²) in [6.45, 7) is 0.